The largest absolute Gasteiger partial charge is 0.245 e. The molecule has 0 aliphatic heterocycles. The fraction of sp³-hybridized carbons (Fsp3) is 0.375. The fourth-order valence-electron chi connectivity index (χ4n) is 1.61. The van der Waals surface area contributed by atoms with Gasteiger partial charge in [-0.2, -0.15) is 0 Å². The van der Waals surface area contributed by atoms with Crippen molar-refractivity contribution < 1.29 is 0 Å². The van der Waals surface area contributed by atoms with Gasteiger partial charge in [0.15, 0.2) is 0 Å². The first-order valence-electron chi connectivity index (χ1n) is 3.57. The van der Waals surface area contributed by atoms with Gasteiger partial charge in [-0.15, -0.1) is 11.3 Å². The molecule has 2 aliphatic rings. The highest BCUT2D eigenvalue weighted by atomic mass is 32.1. The molecule has 50 valence electrons. The smallest absolute Gasteiger partial charge is 0.0801 e. The molecule has 1 unspecified atom stereocenters. The molecule has 1 aromatic rings. The van der Waals surface area contributed by atoms with Crippen molar-refractivity contribution in [1.82, 2.24) is 4.98 Å². The van der Waals surface area contributed by atoms with Gasteiger partial charge in [0.05, 0.1) is 11.2 Å². The molecule has 2 heteroatoms. The monoisotopic (exact) mass is 149 g/mol. The van der Waals surface area contributed by atoms with Crippen LogP contribution in [0.5, 0.6) is 0 Å². The first-order valence-corrected chi connectivity index (χ1v) is 4.45. The van der Waals surface area contributed by atoms with E-state index in [0.29, 0.717) is 0 Å². The standard InChI is InChI=1S/C8H7NS/c1-2-7-8(10-4-9-7)6-3-5(1)6/h1-2,4-6H,3H2/t5-,6?/m0/s1. The summed E-state index contributed by atoms with van der Waals surface area (Å²) in [5.41, 5.74) is 3.18. The van der Waals surface area contributed by atoms with Crippen molar-refractivity contribution in [2.45, 2.75) is 12.3 Å². The molecule has 0 saturated heterocycles. The molecule has 1 fully saturated rings. The van der Waals surface area contributed by atoms with E-state index in [0.717, 1.165) is 11.8 Å². The highest BCUT2D eigenvalue weighted by Gasteiger charge is 2.40. The van der Waals surface area contributed by atoms with Gasteiger partial charge in [-0.1, -0.05) is 6.08 Å². The summed E-state index contributed by atoms with van der Waals surface area (Å²) in [6, 6.07) is 0. The van der Waals surface area contributed by atoms with Crippen LogP contribution in [0.15, 0.2) is 11.6 Å². The molecule has 1 aromatic heterocycles. The van der Waals surface area contributed by atoms with Gasteiger partial charge in [-0.05, 0) is 18.4 Å². The van der Waals surface area contributed by atoms with Crippen molar-refractivity contribution in [3.63, 3.8) is 0 Å². The lowest BCUT2D eigenvalue weighted by atomic mass is 10.1. The summed E-state index contributed by atoms with van der Waals surface area (Å²) in [6.45, 7) is 0. The van der Waals surface area contributed by atoms with E-state index in [1.165, 1.54) is 17.0 Å². The van der Waals surface area contributed by atoms with Crippen LogP contribution in [0.3, 0.4) is 0 Å². The Morgan fingerprint density at radius 1 is 1.60 bits per heavy atom. The van der Waals surface area contributed by atoms with Crippen LogP contribution in [0.2, 0.25) is 0 Å². The Kier molecular flexibility index (Phi) is 0.765. The summed E-state index contributed by atoms with van der Waals surface area (Å²) >= 11 is 1.81. The van der Waals surface area contributed by atoms with E-state index in [-0.39, 0.29) is 0 Å². The van der Waals surface area contributed by atoms with Crippen LogP contribution < -0.4 is 0 Å². The Bertz CT molecular complexity index is 300. The summed E-state index contributed by atoms with van der Waals surface area (Å²) in [4.78, 5) is 5.79. The van der Waals surface area contributed by atoms with Gasteiger partial charge < -0.3 is 0 Å². The molecule has 0 spiro atoms. The molecule has 1 heterocycles. The SMILES string of the molecule is C1=C[C@H]2CC2c2scnc21. The van der Waals surface area contributed by atoms with E-state index >= 15 is 0 Å². The summed E-state index contributed by atoms with van der Waals surface area (Å²) < 4.78 is 0. The van der Waals surface area contributed by atoms with Crippen molar-refractivity contribution in [2.75, 3.05) is 0 Å². The number of rotatable bonds is 0. The molecule has 1 saturated carbocycles. The van der Waals surface area contributed by atoms with Gasteiger partial charge in [0.1, 0.15) is 0 Å². The summed E-state index contributed by atoms with van der Waals surface area (Å²) in [5.74, 6) is 1.72. The number of hydrogen-bond donors (Lipinski definition) is 0. The predicted octanol–water partition coefficient (Wildman–Crippen LogP) is 2.27. The zero-order chi connectivity index (χ0) is 6.55. The van der Waals surface area contributed by atoms with Crippen LogP contribution in [-0.2, 0) is 0 Å². The zero-order valence-electron chi connectivity index (χ0n) is 5.45. The van der Waals surface area contributed by atoms with Gasteiger partial charge in [0.2, 0.25) is 0 Å². The maximum atomic E-state index is 4.27. The van der Waals surface area contributed by atoms with Gasteiger partial charge in [-0.3, -0.25) is 0 Å². The topological polar surface area (TPSA) is 12.9 Å². The van der Waals surface area contributed by atoms with Crippen molar-refractivity contribution in [3.8, 4) is 0 Å². The van der Waals surface area contributed by atoms with Crippen molar-refractivity contribution in [2.24, 2.45) is 5.92 Å². The number of fused-ring (bicyclic) bond motifs is 3. The Labute approximate surface area is 63.4 Å². The van der Waals surface area contributed by atoms with Crippen molar-refractivity contribution >= 4 is 17.4 Å². The molecule has 1 nitrogen and oxygen atoms in total. The molecule has 0 bridgehead atoms. The number of nitrogens with zero attached hydrogens (tertiary/aromatic N) is 1. The highest BCUT2D eigenvalue weighted by molar-refractivity contribution is 7.10. The summed E-state index contributed by atoms with van der Waals surface area (Å²) in [7, 11) is 0. The van der Waals surface area contributed by atoms with Gasteiger partial charge >= 0.3 is 0 Å². The van der Waals surface area contributed by atoms with Gasteiger partial charge in [-0.25, -0.2) is 4.98 Å². The lowest BCUT2D eigenvalue weighted by molar-refractivity contribution is 1.01. The van der Waals surface area contributed by atoms with E-state index in [1.54, 1.807) is 0 Å². The van der Waals surface area contributed by atoms with E-state index in [1.807, 2.05) is 16.8 Å². The molecule has 0 N–H and O–H groups in total. The Hall–Kier alpha value is -0.630. The van der Waals surface area contributed by atoms with E-state index < -0.39 is 0 Å². The Morgan fingerprint density at radius 2 is 2.60 bits per heavy atom. The van der Waals surface area contributed by atoms with Crippen molar-refractivity contribution in [3.05, 3.63) is 22.2 Å². The fourth-order valence-corrected chi connectivity index (χ4v) is 2.58. The second-order valence-corrected chi connectivity index (χ2v) is 3.85. The molecule has 2 atom stereocenters. The van der Waals surface area contributed by atoms with Crippen LogP contribution in [0.1, 0.15) is 22.9 Å². The van der Waals surface area contributed by atoms with Gasteiger partial charge in [0, 0.05) is 10.8 Å². The Morgan fingerprint density at radius 3 is 3.60 bits per heavy atom. The Balaban J connectivity index is 2.26. The third-order valence-electron chi connectivity index (χ3n) is 2.30. The first kappa shape index (κ1) is 5.08. The van der Waals surface area contributed by atoms with E-state index in [4.69, 9.17) is 0 Å². The van der Waals surface area contributed by atoms with E-state index in [9.17, 15) is 0 Å². The van der Waals surface area contributed by atoms with Crippen LogP contribution in [0.25, 0.3) is 6.08 Å². The molecular formula is C8H7NS. The minimum absolute atomic E-state index is 0.854. The molecule has 2 aliphatic carbocycles. The highest BCUT2D eigenvalue weighted by Crippen LogP contribution is 2.53. The number of allylic oxidation sites excluding steroid dienone is 1. The molecule has 0 amide bonds. The third kappa shape index (κ3) is 0.504. The third-order valence-corrected chi connectivity index (χ3v) is 3.28. The van der Waals surface area contributed by atoms with Gasteiger partial charge in [0.25, 0.3) is 0 Å². The number of thiazole rings is 1. The quantitative estimate of drug-likeness (QED) is 0.551. The van der Waals surface area contributed by atoms with Crippen LogP contribution in [-0.4, -0.2) is 4.98 Å². The maximum absolute atomic E-state index is 4.27. The van der Waals surface area contributed by atoms with Crippen LogP contribution in [0.4, 0.5) is 0 Å². The summed E-state index contributed by atoms with van der Waals surface area (Å²) in [5, 5.41) is 0. The minimum Gasteiger partial charge on any atom is -0.245 e. The maximum Gasteiger partial charge on any atom is 0.0801 e. The number of hydrogen-bond acceptors (Lipinski definition) is 2. The zero-order valence-corrected chi connectivity index (χ0v) is 6.27. The normalized spacial score (nSPS) is 33.2. The van der Waals surface area contributed by atoms with Crippen LogP contribution >= 0.6 is 11.3 Å². The van der Waals surface area contributed by atoms with Crippen LogP contribution in [0, 0.1) is 5.92 Å². The average molecular weight is 149 g/mol. The molecule has 0 radical (unpaired) electrons. The number of aromatic nitrogens is 1. The lowest BCUT2D eigenvalue weighted by Gasteiger charge is -1.99. The predicted molar refractivity (Wildman–Crippen MR) is 42.0 cm³/mol. The minimum atomic E-state index is 0.854. The van der Waals surface area contributed by atoms with E-state index in [2.05, 4.69) is 17.1 Å². The first-order chi connectivity index (χ1) is 4.95. The molecular weight excluding hydrogens is 142 g/mol. The molecule has 10 heavy (non-hydrogen) atoms. The lowest BCUT2D eigenvalue weighted by Crippen LogP contribution is -1.86. The second kappa shape index (κ2) is 1.51. The second-order valence-electron chi connectivity index (χ2n) is 2.97. The molecule has 3 rings (SSSR count). The average Bonchev–Trinajstić information content (AvgIpc) is 2.60. The molecule has 0 aromatic carbocycles. The van der Waals surface area contributed by atoms with Crippen molar-refractivity contribution in [1.29, 1.82) is 0 Å². The summed E-state index contributed by atoms with van der Waals surface area (Å²) in [6.07, 6.45) is 5.83.